The van der Waals surface area contributed by atoms with Crippen LogP contribution in [-0.4, -0.2) is 48.1 Å². The van der Waals surface area contributed by atoms with Crippen LogP contribution < -0.4 is 14.8 Å². The summed E-state index contributed by atoms with van der Waals surface area (Å²) in [5, 5.41) is 4.40. The van der Waals surface area contributed by atoms with E-state index in [4.69, 9.17) is 21.1 Å². The highest BCUT2D eigenvalue weighted by Gasteiger charge is 2.18. The van der Waals surface area contributed by atoms with Gasteiger partial charge in [0, 0.05) is 41.0 Å². The van der Waals surface area contributed by atoms with Crippen molar-refractivity contribution in [1.82, 2.24) is 9.88 Å². The van der Waals surface area contributed by atoms with Gasteiger partial charge in [0.1, 0.15) is 16.5 Å². The number of ether oxygens (including phenoxy) is 2. The summed E-state index contributed by atoms with van der Waals surface area (Å²) in [6.07, 6.45) is 0. The zero-order valence-corrected chi connectivity index (χ0v) is 22.1. The number of methoxy groups -OCH3 is 1. The molecule has 0 spiro atoms. The molecule has 3 rings (SSSR count). The van der Waals surface area contributed by atoms with Crippen molar-refractivity contribution in [3.8, 4) is 22.1 Å². The molecule has 0 saturated carbocycles. The van der Waals surface area contributed by atoms with Crippen molar-refractivity contribution >= 4 is 34.5 Å². The maximum absolute atomic E-state index is 13.0. The van der Waals surface area contributed by atoms with Gasteiger partial charge in [-0.05, 0) is 58.9 Å². The maximum atomic E-state index is 13.0. The molecule has 6 nitrogen and oxygen atoms in total. The lowest BCUT2D eigenvalue weighted by Gasteiger charge is -2.30. The third kappa shape index (κ3) is 6.50. The summed E-state index contributed by atoms with van der Waals surface area (Å²) in [5.41, 5.74) is 2.24. The van der Waals surface area contributed by atoms with Crippen molar-refractivity contribution in [2.45, 2.75) is 46.7 Å². The molecule has 0 atom stereocenters. The lowest BCUT2D eigenvalue weighted by atomic mass is 10.2. The molecule has 0 radical (unpaired) electrons. The Balaban J connectivity index is 1.72. The molecule has 8 heteroatoms. The summed E-state index contributed by atoms with van der Waals surface area (Å²) in [4.78, 5) is 20.5. The zero-order valence-electron chi connectivity index (χ0n) is 20.5. The normalized spacial score (nSPS) is 11.4. The Morgan fingerprint density at radius 2 is 1.76 bits per heavy atom. The van der Waals surface area contributed by atoms with Crippen LogP contribution in [0.3, 0.4) is 0 Å². The summed E-state index contributed by atoms with van der Waals surface area (Å²) in [7, 11) is 1.61. The Morgan fingerprint density at radius 1 is 1.09 bits per heavy atom. The van der Waals surface area contributed by atoms with E-state index in [1.54, 1.807) is 25.3 Å². The minimum Gasteiger partial charge on any atom is -0.493 e. The number of thiazole rings is 1. The van der Waals surface area contributed by atoms with Gasteiger partial charge < -0.3 is 14.8 Å². The maximum Gasteiger partial charge on any atom is 0.267 e. The van der Waals surface area contributed by atoms with E-state index in [0.29, 0.717) is 51.5 Å². The van der Waals surface area contributed by atoms with Crippen molar-refractivity contribution in [3.63, 3.8) is 0 Å². The van der Waals surface area contributed by atoms with Crippen molar-refractivity contribution in [2.24, 2.45) is 0 Å². The molecule has 1 aromatic heterocycles. The van der Waals surface area contributed by atoms with E-state index < -0.39 is 0 Å². The second-order valence-corrected chi connectivity index (χ2v) is 9.97. The van der Waals surface area contributed by atoms with Gasteiger partial charge in [0.2, 0.25) is 0 Å². The Morgan fingerprint density at radius 3 is 2.38 bits per heavy atom. The average Bonchev–Trinajstić information content (AvgIpc) is 3.18. The quantitative estimate of drug-likeness (QED) is 0.342. The van der Waals surface area contributed by atoms with Crippen LogP contribution in [0, 0.1) is 6.92 Å². The number of halogens is 1. The molecule has 3 aromatic rings. The van der Waals surface area contributed by atoms with Crippen LogP contribution in [-0.2, 0) is 0 Å². The Kier molecular flexibility index (Phi) is 8.94. The molecule has 0 aliphatic heterocycles. The number of rotatable bonds is 10. The molecule has 2 aromatic carbocycles. The number of aromatic nitrogens is 1. The van der Waals surface area contributed by atoms with E-state index in [-0.39, 0.29) is 5.91 Å². The molecule has 182 valence electrons. The largest absolute Gasteiger partial charge is 0.493 e. The summed E-state index contributed by atoms with van der Waals surface area (Å²) in [6.45, 7) is 11.9. The van der Waals surface area contributed by atoms with Crippen molar-refractivity contribution in [2.75, 3.05) is 25.6 Å². The van der Waals surface area contributed by atoms with Crippen LogP contribution in [0.4, 0.5) is 5.69 Å². The molecule has 34 heavy (non-hydrogen) atoms. The van der Waals surface area contributed by atoms with E-state index in [2.05, 4.69) is 42.9 Å². The van der Waals surface area contributed by atoms with Gasteiger partial charge in [-0.3, -0.25) is 9.69 Å². The first-order chi connectivity index (χ1) is 16.2. The minimum atomic E-state index is -0.211. The summed E-state index contributed by atoms with van der Waals surface area (Å²) in [5.74, 6) is 1.01. The fraction of sp³-hybridized carbons (Fsp3) is 0.385. The van der Waals surface area contributed by atoms with E-state index in [1.165, 1.54) is 11.3 Å². The first-order valence-electron chi connectivity index (χ1n) is 11.3. The molecule has 1 heterocycles. The van der Waals surface area contributed by atoms with Crippen LogP contribution >= 0.6 is 22.9 Å². The predicted molar refractivity (Wildman–Crippen MR) is 141 cm³/mol. The van der Waals surface area contributed by atoms with E-state index in [9.17, 15) is 4.79 Å². The average molecular weight is 502 g/mol. The van der Waals surface area contributed by atoms with Gasteiger partial charge in [0.05, 0.1) is 12.8 Å². The fourth-order valence-corrected chi connectivity index (χ4v) is 4.84. The van der Waals surface area contributed by atoms with E-state index in [0.717, 1.165) is 17.1 Å². The van der Waals surface area contributed by atoms with Gasteiger partial charge >= 0.3 is 0 Å². The van der Waals surface area contributed by atoms with Crippen LogP contribution in [0.5, 0.6) is 11.5 Å². The molecule has 0 aliphatic rings. The number of nitrogens with one attached hydrogen (secondary N) is 1. The third-order valence-electron chi connectivity index (χ3n) is 5.45. The molecule has 0 unspecified atom stereocenters. The van der Waals surface area contributed by atoms with Crippen LogP contribution in [0.2, 0.25) is 5.02 Å². The van der Waals surface area contributed by atoms with Gasteiger partial charge in [0.25, 0.3) is 5.91 Å². The summed E-state index contributed by atoms with van der Waals surface area (Å²) in [6, 6.07) is 13.7. The molecule has 1 N–H and O–H groups in total. The van der Waals surface area contributed by atoms with Crippen LogP contribution in [0.15, 0.2) is 42.5 Å². The second-order valence-electron chi connectivity index (χ2n) is 8.53. The third-order valence-corrected chi connectivity index (χ3v) is 6.91. The van der Waals surface area contributed by atoms with Crippen molar-refractivity contribution in [3.05, 3.63) is 58.1 Å². The predicted octanol–water partition coefficient (Wildman–Crippen LogP) is 6.53. The number of anilines is 1. The molecular formula is C26H32ClN3O3S. The SMILES string of the molecule is COc1ccc(NC(=O)c2sc(-c3ccc(Cl)cc3)nc2C)cc1OCCN(C(C)C)C(C)C. The summed E-state index contributed by atoms with van der Waals surface area (Å²) >= 11 is 7.33. The lowest BCUT2D eigenvalue weighted by molar-refractivity contribution is 0.102. The first-order valence-corrected chi connectivity index (χ1v) is 12.5. The van der Waals surface area contributed by atoms with Crippen LogP contribution in [0.25, 0.3) is 10.6 Å². The topological polar surface area (TPSA) is 63.7 Å². The standard InChI is InChI=1S/C26H32ClN3O3S/c1-16(2)30(17(3)4)13-14-33-23-15-21(11-12-22(23)32-6)29-25(31)24-18(5)28-26(34-24)19-7-9-20(27)10-8-19/h7-12,15-17H,13-14H2,1-6H3,(H,29,31). The van der Waals surface area contributed by atoms with Crippen molar-refractivity contribution < 1.29 is 14.3 Å². The monoisotopic (exact) mass is 501 g/mol. The lowest BCUT2D eigenvalue weighted by Crippen LogP contribution is -2.39. The molecular weight excluding hydrogens is 470 g/mol. The van der Waals surface area contributed by atoms with E-state index >= 15 is 0 Å². The Bertz CT molecular complexity index is 1100. The second kappa shape index (κ2) is 11.7. The van der Waals surface area contributed by atoms with Gasteiger partial charge in [0.15, 0.2) is 11.5 Å². The summed E-state index contributed by atoms with van der Waals surface area (Å²) < 4.78 is 11.5. The number of hydrogen-bond acceptors (Lipinski definition) is 6. The number of carbonyl (C=O) groups is 1. The zero-order chi connectivity index (χ0) is 24.8. The number of carbonyl (C=O) groups excluding carboxylic acids is 1. The number of hydrogen-bond donors (Lipinski definition) is 1. The van der Waals surface area contributed by atoms with Gasteiger partial charge in [-0.25, -0.2) is 4.98 Å². The highest BCUT2D eigenvalue weighted by Crippen LogP contribution is 2.32. The van der Waals surface area contributed by atoms with Crippen molar-refractivity contribution in [1.29, 1.82) is 0 Å². The van der Waals surface area contributed by atoms with Gasteiger partial charge in [-0.2, -0.15) is 0 Å². The Labute approximate surface area is 210 Å². The molecule has 0 fully saturated rings. The number of benzene rings is 2. The highest BCUT2D eigenvalue weighted by molar-refractivity contribution is 7.17. The first kappa shape index (κ1) is 26.0. The molecule has 0 saturated heterocycles. The molecule has 0 bridgehead atoms. The fourth-order valence-electron chi connectivity index (χ4n) is 3.75. The number of amides is 1. The molecule has 1 amide bonds. The molecule has 0 aliphatic carbocycles. The minimum absolute atomic E-state index is 0.211. The van der Waals surface area contributed by atoms with Crippen LogP contribution in [0.1, 0.15) is 43.1 Å². The smallest absolute Gasteiger partial charge is 0.267 e. The Hall–Kier alpha value is -2.61. The highest BCUT2D eigenvalue weighted by atomic mass is 35.5. The van der Waals surface area contributed by atoms with Gasteiger partial charge in [-0.1, -0.05) is 23.7 Å². The number of aryl methyl sites for hydroxylation is 1. The number of nitrogens with zero attached hydrogens (tertiary/aromatic N) is 2. The van der Waals surface area contributed by atoms with E-state index in [1.807, 2.05) is 31.2 Å². The van der Waals surface area contributed by atoms with Gasteiger partial charge in [-0.15, -0.1) is 11.3 Å².